The minimum absolute atomic E-state index is 0.0182. The number of benzene rings is 1. The van der Waals surface area contributed by atoms with E-state index in [-0.39, 0.29) is 34.4 Å². The molecule has 3 aromatic heterocycles. The number of nitrogen functional groups attached to an aromatic ring is 1. The number of amides is 2. The Morgan fingerprint density at radius 1 is 1.12 bits per heavy atom. The summed E-state index contributed by atoms with van der Waals surface area (Å²) in [7, 11) is 0. The van der Waals surface area contributed by atoms with E-state index in [1.54, 1.807) is 10.6 Å². The van der Waals surface area contributed by atoms with Crippen LogP contribution in [0.5, 0.6) is 0 Å². The number of imidazole rings is 1. The highest BCUT2D eigenvalue weighted by Gasteiger charge is 2.46. The first-order chi connectivity index (χ1) is 19.6. The van der Waals surface area contributed by atoms with Crippen molar-refractivity contribution in [2.45, 2.75) is 25.4 Å². The number of hydrogen-bond acceptors (Lipinski definition) is 7. The molecule has 1 aromatic carbocycles. The number of rotatable bonds is 4. The lowest BCUT2D eigenvalue weighted by Gasteiger charge is -2.38. The van der Waals surface area contributed by atoms with Crippen LogP contribution in [0, 0.1) is 11.2 Å². The number of hydrogen-bond donors (Lipinski definition) is 3. The Morgan fingerprint density at radius 3 is 2.68 bits per heavy atom. The maximum atomic E-state index is 15.5. The fraction of sp³-hybridized carbons (Fsp3) is 0.296. The molecule has 2 aliphatic rings. The molecule has 0 bridgehead atoms. The van der Waals surface area contributed by atoms with Crippen LogP contribution in [0.15, 0.2) is 48.9 Å². The van der Waals surface area contributed by atoms with Crippen LogP contribution < -0.4 is 21.3 Å². The molecule has 6 rings (SSSR count). The summed E-state index contributed by atoms with van der Waals surface area (Å²) in [6, 6.07) is 5.12. The van der Waals surface area contributed by atoms with Crippen molar-refractivity contribution in [3.8, 4) is 11.3 Å². The van der Waals surface area contributed by atoms with E-state index < -0.39 is 28.9 Å². The lowest BCUT2D eigenvalue weighted by atomic mass is 9.78. The van der Waals surface area contributed by atoms with E-state index >= 15 is 4.39 Å². The van der Waals surface area contributed by atoms with E-state index in [1.165, 1.54) is 18.3 Å². The van der Waals surface area contributed by atoms with Gasteiger partial charge in [0, 0.05) is 49.4 Å². The van der Waals surface area contributed by atoms with Crippen LogP contribution in [0.4, 0.5) is 35.1 Å². The molecule has 2 fully saturated rings. The monoisotopic (exact) mass is 568 g/mol. The number of pyridine rings is 1. The first kappa shape index (κ1) is 26.5. The smallest absolute Gasteiger partial charge is 0.382 e. The third kappa shape index (κ3) is 4.68. The first-order valence-electron chi connectivity index (χ1n) is 12.9. The number of carbonyl (C=O) groups excluding carboxylic acids is 2. The van der Waals surface area contributed by atoms with E-state index in [1.807, 2.05) is 4.90 Å². The fourth-order valence-corrected chi connectivity index (χ4v) is 5.58. The summed E-state index contributed by atoms with van der Waals surface area (Å²) in [4.78, 5) is 40.0. The Bertz CT molecular complexity index is 1690. The maximum absolute atomic E-state index is 15.5. The van der Waals surface area contributed by atoms with Crippen molar-refractivity contribution >= 4 is 34.9 Å². The zero-order valence-electron chi connectivity index (χ0n) is 21.5. The van der Waals surface area contributed by atoms with Gasteiger partial charge in [0.15, 0.2) is 0 Å². The number of alkyl halides is 3. The number of aromatic nitrogens is 4. The van der Waals surface area contributed by atoms with Crippen molar-refractivity contribution in [2.24, 2.45) is 5.41 Å². The van der Waals surface area contributed by atoms with Crippen LogP contribution in [0.1, 0.15) is 35.2 Å². The molecule has 212 valence electrons. The molecule has 1 atom stereocenters. The van der Waals surface area contributed by atoms with E-state index in [0.29, 0.717) is 37.2 Å². The minimum atomic E-state index is -4.61. The van der Waals surface area contributed by atoms with Gasteiger partial charge in [-0.2, -0.15) is 13.2 Å². The molecule has 0 radical (unpaired) electrons. The Kier molecular flexibility index (Phi) is 6.27. The van der Waals surface area contributed by atoms with E-state index in [9.17, 15) is 22.8 Å². The number of piperidine rings is 1. The number of carbonyl (C=O) groups is 2. The van der Waals surface area contributed by atoms with Gasteiger partial charge in [0.1, 0.15) is 28.7 Å². The molecule has 4 aromatic rings. The first-order valence-corrected chi connectivity index (χ1v) is 12.9. The van der Waals surface area contributed by atoms with Gasteiger partial charge in [-0.25, -0.2) is 19.3 Å². The van der Waals surface area contributed by atoms with Gasteiger partial charge in [0.25, 0.3) is 5.91 Å². The van der Waals surface area contributed by atoms with Crippen LogP contribution in [0.3, 0.4) is 0 Å². The highest BCUT2D eigenvalue weighted by molar-refractivity contribution is 6.04. The quantitative estimate of drug-likeness (QED) is 0.319. The van der Waals surface area contributed by atoms with Crippen molar-refractivity contribution in [2.75, 3.05) is 35.6 Å². The Hall–Kier alpha value is -4.75. The topological polar surface area (TPSA) is 131 Å². The third-order valence-electron chi connectivity index (χ3n) is 7.61. The van der Waals surface area contributed by atoms with Gasteiger partial charge in [-0.05, 0) is 49.6 Å². The molecule has 2 amide bonds. The second kappa shape index (κ2) is 9.71. The molecule has 41 heavy (non-hydrogen) atoms. The molecule has 14 heteroatoms. The van der Waals surface area contributed by atoms with Gasteiger partial charge >= 0.3 is 6.18 Å². The largest absolute Gasteiger partial charge is 0.416 e. The normalized spacial score (nSPS) is 19.1. The molecule has 2 aliphatic heterocycles. The molecule has 10 nitrogen and oxygen atoms in total. The standard InChI is InChI=1S/C27H24F4N8O2/c28-18-12-15(23(40)36-19-13-16(4-7-33-19)27(29,30)31)2-3-17(18)20-21-22(32)34-9-11-39(21)25(37-20)38-10-1-5-26(14-38)6-8-35-24(26)41/h2-4,7,9,11-13H,1,5-6,8,10,14H2,(H2,32,34)(H,35,41)(H,33,36,40). The molecular formula is C27H24F4N8O2. The predicted molar refractivity (Wildman–Crippen MR) is 141 cm³/mol. The number of fused-ring (bicyclic) bond motifs is 1. The van der Waals surface area contributed by atoms with Crippen molar-refractivity contribution in [3.63, 3.8) is 0 Å². The van der Waals surface area contributed by atoms with Crippen LogP contribution >= 0.6 is 0 Å². The van der Waals surface area contributed by atoms with Gasteiger partial charge in [0.05, 0.1) is 11.0 Å². The molecule has 0 saturated carbocycles. The summed E-state index contributed by atoms with van der Waals surface area (Å²) in [5, 5.41) is 5.18. The maximum Gasteiger partial charge on any atom is 0.416 e. The van der Waals surface area contributed by atoms with Crippen molar-refractivity contribution in [1.82, 2.24) is 24.7 Å². The van der Waals surface area contributed by atoms with Gasteiger partial charge in [-0.15, -0.1) is 0 Å². The van der Waals surface area contributed by atoms with Crippen molar-refractivity contribution < 1.29 is 27.2 Å². The van der Waals surface area contributed by atoms with Crippen molar-refractivity contribution in [1.29, 1.82) is 0 Å². The van der Waals surface area contributed by atoms with Crippen molar-refractivity contribution in [3.05, 3.63) is 65.9 Å². The summed E-state index contributed by atoms with van der Waals surface area (Å²) in [5.41, 5.74) is 5.18. The van der Waals surface area contributed by atoms with Crippen LogP contribution in [-0.2, 0) is 11.0 Å². The number of nitrogens with zero attached hydrogens (tertiary/aromatic N) is 5. The predicted octanol–water partition coefficient (Wildman–Crippen LogP) is 3.89. The summed E-state index contributed by atoms with van der Waals surface area (Å²) >= 11 is 0. The molecule has 1 spiro atoms. The molecular weight excluding hydrogens is 544 g/mol. The average Bonchev–Trinajstić information content (AvgIpc) is 3.49. The van der Waals surface area contributed by atoms with E-state index in [2.05, 4.69) is 20.6 Å². The minimum Gasteiger partial charge on any atom is -0.382 e. The van der Waals surface area contributed by atoms with Gasteiger partial charge in [-0.1, -0.05) is 0 Å². The third-order valence-corrected chi connectivity index (χ3v) is 7.61. The molecule has 2 saturated heterocycles. The second-order valence-electron chi connectivity index (χ2n) is 10.2. The summed E-state index contributed by atoms with van der Waals surface area (Å²) in [5.74, 6) is -1.34. The second-order valence-corrected chi connectivity index (χ2v) is 10.2. The van der Waals surface area contributed by atoms with Crippen LogP contribution in [-0.4, -0.2) is 50.8 Å². The molecule has 1 unspecified atom stereocenters. The number of halogens is 4. The highest BCUT2D eigenvalue weighted by Crippen LogP contribution is 2.40. The fourth-order valence-electron chi connectivity index (χ4n) is 5.58. The van der Waals surface area contributed by atoms with Gasteiger partial charge < -0.3 is 21.3 Å². The Morgan fingerprint density at radius 2 is 1.95 bits per heavy atom. The lowest BCUT2D eigenvalue weighted by Crippen LogP contribution is -2.47. The summed E-state index contributed by atoms with van der Waals surface area (Å²) < 4.78 is 56.3. The van der Waals surface area contributed by atoms with Gasteiger partial charge in [0.2, 0.25) is 11.9 Å². The number of anilines is 3. The molecule has 5 heterocycles. The Labute approximate surface area is 230 Å². The van der Waals surface area contributed by atoms with Crippen LogP contribution in [0.2, 0.25) is 0 Å². The number of nitrogens with one attached hydrogen (secondary N) is 2. The zero-order chi connectivity index (χ0) is 28.9. The van der Waals surface area contributed by atoms with Crippen LogP contribution in [0.25, 0.3) is 16.8 Å². The summed E-state index contributed by atoms with van der Waals surface area (Å²) in [6.45, 7) is 1.71. The van der Waals surface area contributed by atoms with E-state index in [4.69, 9.17) is 10.7 Å². The summed E-state index contributed by atoms with van der Waals surface area (Å²) in [6.07, 6.45) is 1.74. The Balaban J connectivity index is 1.33. The molecule has 4 N–H and O–H groups in total. The highest BCUT2D eigenvalue weighted by atomic mass is 19.4. The average molecular weight is 569 g/mol. The zero-order valence-corrected chi connectivity index (χ0v) is 21.5. The molecule has 0 aliphatic carbocycles. The van der Waals surface area contributed by atoms with Gasteiger partial charge in [-0.3, -0.25) is 14.0 Å². The SMILES string of the molecule is Nc1nccn2c(N3CCCC4(CCNC4=O)C3)nc(-c3ccc(C(=O)Nc4cc(C(F)(F)F)ccn4)cc3F)c12. The number of nitrogens with two attached hydrogens (primary N) is 1. The lowest BCUT2D eigenvalue weighted by molar-refractivity contribution is -0.137. The van der Waals surface area contributed by atoms with E-state index in [0.717, 1.165) is 37.6 Å².